The summed E-state index contributed by atoms with van der Waals surface area (Å²) in [6, 6.07) is 5.37. The molecule has 2 rings (SSSR count). The summed E-state index contributed by atoms with van der Waals surface area (Å²) in [7, 11) is 1.63. The van der Waals surface area contributed by atoms with Gasteiger partial charge >= 0.3 is 0 Å². The monoisotopic (exact) mass is 361 g/mol. The number of amides is 2. The summed E-state index contributed by atoms with van der Waals surface area (Å²) >= 11 is 0. The van der Waals surface area contributed by atoms with E-state index in [1.54, 1.807) is 19.2 Å². The van der Waals surface area contributed by atoms with Crippen LogP contribution in [0.2, 0.25) is 0 Å². The van der Waals surface area contributed by atoms with Crippen molar-refractivity contribution in [3.63, 3.8) is 0 Å². The van der Waals surface area contributed by atoms with E-state index in [1.807, 2.05) is 13.0 Å². The Labute approximate surface area is 156 Å². The van der Waals surface area contributed by atoms with Crippen LogP contribution >= 0.6 is 0 Å². The number of ether oxygens (including phenoxy) is 1. The van der Waals surface area contributed by atoms with Crippen molar-refractivity contribution in [3.05, 3.63) is 29.3 Å². The van der Waals surface area contributed by atoms with Crippen molar-refractivity contribution in [3.8, 4) is 0 Å². The minimum absolute atomic E-state index is 0.0130. The maximum Gasteiger partial charge on any atom is 0.251 e. The van der Waals surface area contributed by atoms with E-state index >= 15 is 0 Å². The number of methoxy groups -OCH3 is 1. The summed E-state index contributed by atoms with van der Waals surface area (Å²) < 4.78 is 5.33. The van der Waals surface area contributed by atoms with Gasteiger partial charge in [-0.05, 0) is 62.5 Å². The van der Waals surface area contributed by atoms with Gasteiger partial charge in [-0.3, -0.25) is 9.59 Å². The Morgan fingerprint density at radius 3 is 2.54 bits per heavy atom. The van der Waals surface area contributed by atoms with Crippen LogP contribution in [0.4, 0.5) is 5.69 Å². The van der Waals surface area contributed by atoms with Gasteiger partial charge in [-0.1, -0.05) is 13.8 Å². The molecule has 26 heavy (non-hydrogen) atoms. The smallest absolute Gasteiger partial charge is 0.251 e. The zero-order valence-corrected chi connectivity index (χ0v) is 16.3. The number of nitrogens with one attached hydrogen (secondary N) is 3. The number of carbonyl (C=O) groups is 2. The number of piperidine rings is 1. The lowest BCUT2D eigenvalue weighted by atomic mass is 9.78. The largest absolute Gasteiger partial charge is 0.384 e. The minimum atomic E-state index is -0.500. The highest BCUT2D eigenvalue weighted by Crippen LogP contribution is 2.31. The molecule has 1 aliphatic heterocycles. The van der Waals surface area contributed by atoms with E-state index in [0.29, 0.717) is 24.6 Å². The normalized spacial score (nSPS) is 16.3. The maximum atomic E-state index is 12.9. The van der Waals surface area contributed by atoms with Crippen LogP contribution in [0.25, 0.3) is 0 Å². The Bertz CT molecular complexity index is 632. The molecule has 1 fully saturated rings. The average Bonchev–Trinajstić information content (AvgIpc) is 2.62. The van der Waals surface area contributed by atoms with Crippen molar-refractivity contribution in [1.29, 1.82) is 0 Å². The quantitative estimate of drug-likeness (QED) is 0.696. The third-order valence-electron chi connectivity index (χ3n) is 4.87. The molecule has 1 aliphatic rings. The summed E-state index contributed by atoms with van der Waals surface area (Å²) in [6.45, 7) is 8.69. The zero-order valence-electron chi connectivity index (χ0n) is 16.3. The molecule has 144 valence electrons. The zero-order chi connectivity index (χ0) is 19.2. The number of aryl methyl sites for hydroxylation is 1. The number of rotatable bonds is 7. The predicted octanol–water partition coefficient (Wildman–Crippen LogP) is 2.34. The topological polar surface area (TPSA) is 79.5 Å². The van der Waals surface area contributed by atoms with Crippen molar-refractivity contribution in [2.45, 2.75) is 33.6 Å². The van der Waals surface area contributed by atoms with Crippen LogP contribution < -0.4 is 16.0 Å². The SMILES string of the molecule is COCC1(C(=O)Nc2ccc(C(=O)NCC(C)C)cc2C)CCNCC1. The van der Waals surface area contributed by atoms with Gasteiger partial charge in [0.15, 0.2) is 0 Å². The standard InChI is InChI=1S/C20H31N3O3/c1-14(2)12-22-18(24)16-5-6-17(15(3)11-16)23-19(25)20(13-26-4)7-9-21-10-8-20/h5-6,11,14,21H,7-10,12-13H2,1-4H3,(H,22,24)(H,23,25). The van der Waals surface area contributed by atoms with Crippen molar-refractivity contribution in [2.24, 2.45) is 11.3 Å². The number of anilines is 1. The molecule has 0 unspecified atom stereocenters. The van der Waals surface area contributed by atoms with Crippen molar-refractivity contribution in [1.82, 2.24) is 10.6 Å². The van der Waals surface area contributed by atoms with E-state index in [-0.39, 0.29) is 11.8 Å². The van der Waals surface area contributed by atoms with Gasteiger partial charge in [0.1, 0.15) is 0 Å². The van der Waals surface area contributed by atoms with Gasteiger partial charge in [0.05, 0.1) is 12.0 Å². The van der Waals surface area contributed by atoms with Gasteiger partial charge in [-0.2, -0.15) is 0 Å². The maximum absolute atomic E-state index is 12.9. The number of hydrogen-bond donors (Lipinski definition) is 3. The van der Waals surface area contributed by atoms with Crippen LogP contribution in [-0.4, -0.2) is 45.2 Å². The molecule has 0 aliphatic carbocycles. The molecule has 2 amide bonds. The van der Waals surface area contributed by atoms with Gasteiger partial charge < -0.3 is 20.7 Å². The van der Waals surface area contributed by atoms with E-state index in [4.69, 9.17) is 4.74 Å². The van der Waals surface area contributed by atoms with Crippen LogP contribution in [0, 0.1) is 18.3 Å². The first kappa shape index (κ1) is 20.4. The van der Waals surface area contributed by atoms with Gasteiger partial charge in [0.2, 0.25) is 5.91 Å². The van der Waals surface area contributed by atoms with E-state index in [9.17, 15) is 9.59 Å². The Balaban J connectivity index is 2.09. The number of carbonyl (C=O) groups excluding carboxylic acids is 2. The summed E-state index contributed by atoms with van der Waals surface area (Å²) in [5, 5.41) is 9.24. The Hall–Kier alpha value is -1.92. The molecule has 0 spiro atoms. The van der Waals surface area contributed by atoms with E-state index in [1.165, 1.54) is 0 Å². The molecular formula is C20H31N3O3. The van der Waals surface area contributed by atoms with Gasteiger partial charge in [-0.15, -0.1) is 0 Å². The molecule has 1 heterocycles. The average molecular weight is 361 g/mol. The van der Waals surface area contributed by atoms with E-state index in [0.717, 1.165) is 37.2 Å². The third-order valence-corrected chi connectivity index (χ3v) is 4.87. The fourth-order valence-electron chi connectivity index (χ4n) is 3.22. The molecule has 1 saturated heterocycles. The molecule has 6 heteroatoms. The highest BCUT2D eigenvalue weighted by molar-refractivity contribution is 5.98. The second-order valence-electron chi connectivity index (χ2n) is 7.55. The van der Waals surface area contributed by atoms with Crippen LogP contribution in [0.3, 0.4) is 0 Å². The molecule has 3 N–H and O–H groups in total. The first-order valence-corrected chi connectivity index (χ1v) is 9.28. The lowest BCUT2D eigenvalue weighted by molar-refractivity contribution is -0.130. The molecule has 0 atom stereocenters. The Morgan fingerprint density at radius 2 is 1.96 bits per heavy atom. The van der Waals surface area contributed by atoms with Crippen LogP contribution in [0.15, 0.2) is 18.2 Å². The van der Waals surface area contributed by atoms with Crippen LogP contribution in [-0.2, 0) is 9.53 Å². The summed E-state index contributed by atoms with van der Waals surface area (Å²) in [5.41, 5.74) is 1.72. The molecular weight excluding hydrogens is 330 g/mol. The lowest BCUT2D eigenvalue weighted by Gasteiger charge is -2.35. The summed E-state index contributed by atoms with van der Waals surface area (Å²) in [4.78, 5) is 25.1. The van der Waals surface area contributed by atoms with E-state index in [2.05, 4.69) is 29.8 Å². The fraction of sp³-hybridized carbons (Fsp3) is 0.600. The molecule has 1 aromatic rings. The first-order valence-electron chi connectivity index (χ1n) is 9.28. The molecule has 1 aromatic carbocycles. The number of benzene rings is 1. The highest BCUT2D eigenvalue weighted by atomic mass is 16.5. The first-order chi connectivity index (χ1) is 12.4. The lowest BCUT2D eigenvalue weighted by Crippen LogP contribution is -2.47. The molecule has 0 saturated carbocycles. The highest BCUT2D eigenvalue weighted by Gasteiger charge is 2.39. The van der Waals surface area contributed by atoms with Gasteiger partial charge in [0.25, 0.3) is 5.91 Å². The van der Waals surface area contributed by atoms with Crippen molar-refractivity contribution in [2.75, 3.05) is 38.7 Å². The van der Waals surface area contributed by atoms with Gasteiger partial charge in [-0.25, -0.2) is 0 Å². The Kier molecular flexibility index (Phi) is 7.17. The van der Waals surface area contributed by atoms with Crippen molar-refractivity contribution >= 4 is 17.5 Å². The fourth-order valence-corrected chi connectivity index (χ4v) is 3.22. The van der Waals surface area contributed by atoms with E-state index < -0.39 is 5.41 Å². The van der Waals surface area contributed by atoms with Crippen LogP contribution in [0.5, 0.6) is 0 Å². The summed E-state index contributed by atoms with van der Waals surface area (Å²) in [6.07, 6.45) is 1.50. The molecule has 0 radical (unpaired) electrons. The number of hydrogen-bond acceptors (Lipinski definition) is 4. The second-order valence-corrected chi connectivity index (χ2v) is 7.55. The van der Waals surface area contributed by atoms with Gasteiger partial charge in [0, 0.05) is 24.9 Å². The van der Waals surface area contributed by atoms with Crippen LogP contribution in [0.1, 0.15) is 42.6 Å². The molecule has 0 bridgehead atoms. The minimum Gasteiger partial charge on any atom is -0.384 e. The Morgan fingerprint density at radius 1 is 1.27 bits per heavy atom. The summed E-state index contributed by atoms with van der Waals surface area (Å²) in [5.74, 6) is 0.301. The molecule has 6 nitrogen and oxygen atoms in total. The predicted molar refractivity (Wildman–Crippen MR) is 103 cm³/mol. The second kappa shape index (κ2) is 9.14. The molecule has 0 aromatic heterocycles. The third kappa shape index (κ3) is 5.05. The van der Waals surface area contributed by atoms with Crippen molar-refractivity contribution < 1.29 is 14.3 Å².